The number of fused-ring (bicyclic) bond motifs is 1. The number of likely N-dealkylation sites (N-methyl/N-ethyl adjacent to an activating group) is 1. The van der Waals surface area contributed by atoms with Crippen molar-refractivity contribution in [1.29, 1.82) is 0 Å². The molecule has 6 nitrogen and oxygen atoms in total. The highest BCUT2D eigenvalue weighted by molar-refractivity contribution is 6.52. The molecule has 1 aliphatic rings. The molecule has 0 aliphatic carbocycles. The predicted molar refractivity (Wildman–Crippen MR) is 110 cm³/mol. The van der Waals surface area contributed by atoms with Crippen molar-refractivity contribution in [2.45, 2.75) is 19.8 Å². The fourth-order valence-corrected chi connectivity index (χ4v) is 3.29. The maximum atomic E-state index is 12.4. The first-order chi connectivity index (χ1) is 13.3. The largest absolute Gasteiger partial charge is 0.324 e. The van der Waals surface area contributed by atoms with Gasteiger partial charge in [0.2, 0.25) is 5.91 Å². The van der Waals surface area contributed by atoms with Crippen LogP contribution in [0.4, 0.5) is 11.4 Å². The van der Waals surface area contributed by atoms with E-state index in [2.05, 4.69) is 5.32 Å². The summed E-state index contributed by atoms with van der Waals surface area (Å²) in [5.74, 6) is -1.08. The van der Waals surface area contributed by atoms with E-state index in [0.29, 0.717) is 22.0 Å². The Morgan fingerprint density at radius 2 is 1.89 bits per heavy atom. The molecular formula is C21H22ClN3O3. The van der Waals surface area contributed by atoms with Crippen molar-refractivity contribution in [3.63, 3.8) is 0 Å². The van der Waals surface area contributed by atoms with Crippen molar-refractivity contribution in [3.05, 3.63) is 58.6 Å². The van der Waals surface area contributed by atoms with E-state index in [1.807, 2.05) is 19.9 Å². The molecule has 7 heteroatoms. The lowest BCUT2D eigenvalue weighted by molar-refractivity contribution is -0.118. The lowest BCUT2D eigenvalue weighted by Gasteiger charge is -2.24. The smallest absolute Gasteiger partial charge is 0.300 e. The van der Waals surface area contributed by atoms with Gasteiger partial charge in [-0.05, 0) is 42.8 Å². The van der Waals surface area contributed by atoms with E-state index in [-0.39, 0.29) is 25.0 Å². The molecule has 0 bridgehead atoms. The van der Waals surface area contributed by atoms with E-state index in [1.54, 1.807) is 48.3 Å². The number of halogens is 1. The first-order valence-corrected chi connectivity index (χ1v) is 9.38. The Morgan fingerprint density at radius 3 is 2.57 bits per heavy atom. The van der Waals surface area contributed by atoms with E-state index in [0.717, 1.165) is 5.56 Å². The van der Waals surface area contributed by atoms with E-state index >= 15 is 0 Å². The number of nitrogens with zero attached hydrogens (tertiary/aromatic N) is 2. The second-order valence-electron chi connectivity index (χ2n) is 7.18. The molecule has 28 heavy (non-hydrogen) atoms. The van der Waals surface area contributed by atoms with Crippen molar-refractivity contribution >= 4 is 40.6 Å². The van der Waals surface area contributed by atoms with Crippen molar-refractivity contribution in [2.24, 2.45) is 0 Å². The Bertz CT molecular complexity index is 942. The number of nitrogens with one attached hydrogen (secondary N) is 1. The minimum Gasteiger partial charge on any atom is -0.324 e. The average Bonchev–Trinajstić information content (AvgIpc) is 2.88. The Balaban J connectivity index is 1.68. The first-order valence-electron chi connectivity index (χ1n) is 9.01. The molecule has 0 unspecified atom stereocenters. The molecule has 1 heterocycles. The topological polar surface area (TPSA) is 69.7 Å². The van der Waals surface area contributed by atoms with E-state index in [4.69, 9.17) is 11.6 Å². The number of para-hydroxylation sites is 1. The van der Waals surface area contributed by atoms with Crippen LogP contribution in [0.5, 0.6) is 0 Å². The molecule has 0 spiro atoms. The van der Waals surface area contributed by atoms with Crippen molar-refractivity contribution in [3.8, 4) is 0 Å². The molecule has 0 aromatic heterocycles. The number of hydrogen-bond donors (Lipinski definition) is 1. The number of hydrogen-bond acceptors (Lipinski definition) is 4. The second-order valence-corrected chi connectivity index (χ2v) is 7.58. The summed E-state index contributed by atoms with van der Waals surface area (Å²) < 4.78 is 0. The van der Waals surface area contributed by atoms with Crippen LogP contribution in [0, 0.1) is 0 Å². The number of benzene rings is 2. The van der Waals surface area contributed by atoms with Gasteiger partial charge in [0.1, 0.15) is 0 Å². The van der Waals surface area contributed by atoms with Crippen LogP contribution in [0.25, 0.3) is 0 Å². The SMILES string of the molecule is CC(C)c1ccc2c(c1)C(=O)C(=O)N2CN(C)CC(=O)Nc1ccccc1Cl. The van der Waals surface area contributed by atoms with E-state index in [9.17, 15) is 14.4 Å². The highest BCUT2D eigenvalue weighted by atomic mass is 35.5. The number of carbonyl (C=O) groups excluding carboxylic acids is 3. The van der Waals surface area contributed by atoms with Crippen LogP contribution >= 0.6 is 11.6 Å². The Kier molecular flexibility index (Phi) is 5.82. The summed E-state index contributed by atoms with van der Waals surface area (Å²) in [5, 5.41) is 3.19. The lowest BCUT2D eigenvalue weighted by atomic mass is 9.99. The van der Waals surface area contributed by atoms with Gasteiger partial charge in [0.25, 0.3) is 5.78 Å². The molecule has 2 aromatic rings. The molecular weight excluding hydrogens is 378 g/mol. The summed E-state index contributed by atoms with van der Waals surface area (Å²) in [5.41, 5.74) is 2.54. The molecule has 0 atom stereocenters. The minimum atomic E-state index is -0.575. The van der Waals surface area contributed by atoms with E-state index in [1.165, 1.54) is 4.90 Å². The first kappa shape index (κ1) is 20.0. The third-order valence-electron chi connectivity index (χ3n) is 4.61. The summed E-state index contributed by atoms with van der Waals surface area (Å²) in [6.07, 6.45) is 0. The average molecular weight is 400 g/mol. The van der Waals surface area contributed by atoms with Crippen molar-refractivity contribution in [2.75, 3.05) is 30.5 Å². The Morgan fingerprint density at radius 1 is 1.18 bits per heavy atom. The third-order valence-corrected chi connectivity index (χ3v) is 4.94. The van der Waals surface area contributed by atoms with Gasteiger partial charge in [-0.3, -0.25) is 24.2 Å². The maximum Gasteiger partial charge on any atom is 0.300 e. The standard InChI is InChI=1S/C21H22ClN3O3/c1-13(2)14-8-9-18-15(10-14)20(27)21(28)25(18)12-24(3)11-19(26)23-17-7-5-4-6-16(17)22/h4-10,13H,11-12H2,1-3H3,(H,23,26). The van der Waals surface area contributed by atoms with Crippen LogP contribution in [-0.2, 0) is 9.59 Å². The number of rotatable bonds is 6. The molecule has 0 saturated carbocycles. The number of anilines is 2. The van der Waals surface area contributed by atoms with Crippen LogP contribution in [0.2, 0.25) is 5.02 Å². The molecule has 0 saturated heterocycles. The molecule has 0 fully saturated rings. The van der Waals surface area contributed by atoms with Gasteiger partial charge in [0.05, 0.1) is 35.2 Å². The molecule has 3 rings (SSSR count). The number of carbonyl (C=O) groups is 3. The number of Topliss-reactive ketones (excluding diaryl/α,β-unsaturated/α-hetero) is 1. The summed E-state index contributed by atoms with van der Waals surface area (Å²) in [4.78, 5) is 40.1. The molecule has 2 amide bonds. The monoisotopic (exact) mass is 399 g/mol. The highest BCUT2D eigenvalue weighted by Gasteiger charge is 2.36. The summed E-state index contributed by atoms with van der Waals surface area (Å²) in [6, 6.07) is 12.5. The lowest BCUT2D eigenvalue weighted by Crippen LogP contribution is -2.42. The molecule has 1 N–H and O–H groups in total. The van der Waals surface area contributed by atoms with Gasteiger partial charge in [0.15, 0.2) is 0 Å². The third kappa shape index (κ3) is 4.08. The molecule has 146 valence electrons. The quantitative estimate of drug-likeness (QED) is 0.754. The van der Waals surface area contributed by atoms with Gasteiger partial charge >= 0.3 is 5.91 Å². The summed E-state index contributed by atoms with van der Waals surface area (Å²) in [6.45, 7) is 4.25. The number of ketones is 1. The maximum absolute atomic E-state index is 12.4. The van der Waals surface area contributed by atoms with Crippen LogP contribution in [-0.4, -0.2) is 42.8 Å². The Labute approximate surface area is 169 Å². The van der Waals surface area contributed by atoms with Gasteiger partial charge in [-0.2, -0.15) is 0 Å². The summed E-state index contributed by atoms with van der Waals surface area (Å²) in [7, 11) is 1.71. The van der Waals surface area contributed by atoms with Gasteiger partial charge in [-0.25, -0.2) is 0 Å². The van der Waals surface area contributed by atoms with Crippen LogP contribution in [0.3, 0.4) is 0 Å². The molecule has 0 radical (unpaired) electrons. The van der Waals surface area contributed by atoms with Crippen LogP contribution < -0.4 is 10.2 Å². The van der Waals surface area contributed by atoms with Crippen LogP contribution in [0.1, 0.15) is 35.7 Å². The zero-order valence-electron chi connectivity index (χ0n) is 16.0. The normalized spacial score (nSPS) is 13.4. The fourth-order valence-electron chi connectivity index (χ4n) is 3.11. The Hall–Kier alpha value is -2.70. The zero-order valence-corrected chi connectivity index (χ0v) is 16.8. The second kappa shape index (κ2) is 8.12. The minimum absolute atomic E-state index is 0.0443. The van der Waals surface area contributed by atoms with Crippen LogP contribution in [0.15, 0.2) is 42.5 Å². The van der Waals surface area contributed by atoms with E-state index < -0.39 is 11.7 Å². The summed E-state index contributed by atoms with van der Waals surface area (Å²) >= 11 is 6.05. The van der Waals surface area contributed by atoms with Gasteiger partial charge in [-0.15, -0.1) is 0 Å². The van der Waals surface area contributed by atoms with Crippen molar-refractivity contribution in [1.82, 2.24) is 4.90 Å². The fraction of sp³-hybridized carbons (Fsp3) is 0.286. The van der Waals surface area contributed by atoms with Gasteiger partial charge in [0, 0.05) is 0 Å². The zero-order chi connectivity index (χ0) is 20.4. The van der Waals surface area contributed by atoms with Gasteiger partial charge < -0.3 is 5.32 Å². The predicted octanol–water partition coefficient (Wildman–Crippen LogP) is 3.52. The van der Waals surface area contributed by atoms with Gasteiger partial charge in [-0.1, -0.05) is 43.6 Å². The highest BCUT2D eigenvalue weighted by Crippen LogP contribution is 2.31. The molecule has 2 aromatic carbocycles. The van der Waals surface area contributed by atoms with Crippen molar-refractivity contribution < 1.29 is 14.4 Å². The molecule has 1 aliphatic heterocycles. The number of amides is 2.